The highest BCUT2D eigenvalue weighted by molar-refractivity contribution is 7.92. The number of amides is 1. The van der Waals surface area contributed by atoms with Crippen LogP contribution in [0.25, 0.3) is 0 Å². The molecular weight excluding hydrogens is 488 g/mol. The van der Waals surface area contributed by atoms with Crippen LogP contribution in [0.2, 0.25) is 0 Å². The summed E-state index contributed by atoms with van der Waals surface area (Å²) in [5.74, 6) is -3.14. The van der Waals surface area contributed by atoms with Crippen LogP contribution in [-0.2, 0) is 24.8 Å². The van der Waals surface area contributed by atoms with Crippen molar-refractivity contribution in [2.75, 3.05) is 29.0 Å². The number of carbonyl (C=O) groups excluding carboxylic acids is 1. The van der Waals surface area contributed by atoms with Gasteiger partial charge in [0.2, 0.25) is 26.0 Å². The fraction of sp³-hybridized carbons (Fsp3) is 0.409. The van der Waals surface area contributed by atoms with Crippen LogP contribution in [0.1, 0.15) is 32.6 Å². The summed E-state index contributed by atoms with van der Waals surface area (Å²) in [5.41, 5.74) is 0.0494. The van der Waals surface area contributed by atoms with Gasteiger partial charge in [-0.1, -0.05) is 12.8 Å². The normalized spacial score (nSPS) is 16.5. The Bertz CT molecular complexity index is 1240. The van der Waals surface area contributed by atoms with Crippen LogP contribution in [0.15, 0.2) is 47.4 Å². The molecule has 1 amide bonds. The van der Waals surface area contributed by atoms with Gasteiger partial charge in [0.15, 0.2) is 11.6 Å². The van der Waals surface area contributed by atoms with Crippen molar-refractivity contribution >= 4 is 37.3 Å². The molecule has 0 radical (unpaired) electrons. The zero-order valence-corrected chi connectivity index (χ0v) is 20.5. The molecule has 0 saturated carbocycles. The summed E-state index contributed by atoms with van der Waals surface area (Å²) in [7, 11) is -7.68. The Kier molecular flexibility index (Phi) is 7.94. The van der Waals surface area contributed by atoms with Gasteiger partial charge < -0.3 is 5.32 Å². The van der Waals surface area contributed by atoms with Gasteiger partial charge in [0.05, 0.1) is 16.8 Å². The molecule has 1 heterocycles. The van der Waals surface area contributed by atoms with Gasteiger partial charge >= 0.3 is 0 Å². The van der Waals surface area contributed by atoms with Crippen molar-refractivity contribution in [3.05, 3.63) is 54.1 Å². The van der Waals surface area contributed by atoms with Gasteiger partial charge in [-0.15, -0.1) is 0 Å². The Morgan fingerprint density at radius 3 is 2.06 bits per heavy atom. The van der Waals surface area contributed by atoms with Crippen LogP contribution in [-0.4, -0.2) is 52.4 Å². The fourth-order valence-electron chi connectivity index (χ4n) is 3.82. The molecule has 2 aromatic rings. The first-order valence-electron chi connectivity index (χ1n) is 10.8. The maximum absolute atomic E-state index is 13.7. The molecule has 2 aromatic carbocycles. The summed E-state index contributed by atoms with van der Waals surface area (Å²) >= 11 is 0. The number of sulfonamides is 2. The van der Waals surface area contributed by atoms with Crippen molar-refractivity contribution in [1.82, 2.24) is 4.31 Å². The van der Waals surface area contributed by atoms with E-state index in [2.05, 4.69) is 5.32 Å². The quantitative estimate of drug-likeness (QED) is 0.609. The van der Waals surface area contributed by atoms with E-state index in [0.717, 1.165) is 44.1 Å². The van der Waals surface area contributed by atoms with Gasteiger partial charge in [-0.25, -0.2) is 25.6 Å². The van der Waals surface area contributed by atoms with E-state index >= 15 is 0 Å². The number of nitrogens with one attached hydrogen (secondary N) is 1. The van der Waals surface area contributed by atoms with Crippen LogP contribution in [0.5, 0.6) is 0 Å². The molecule has 1 unspecified atom stereocenters. The number of carbonyl (C=O) groups is 1. The van der Waals surface area contributed by atoms with Crippen molar-refractivity contribution in [1.29, 1.82) is 0 Å². The lowest BCUT2D eigenvalue weighted by molar-refractivity contribution is -0.116. The summed E-state index contributed by atoms with van der Waals surface area (Å²) in [6, 6.07) is 6.81. The van der Waals surface area contributed by atoms with E-state index in [9.17, 15) is 30.4 Å². The predicted molar refractivity (Wildman–Crippen MR) is 125 cm³/mol. The molecule has 0 aromatic heterocycles. The number of hydrogen-bond donors (Lipinski definition) is 1. The highest BCUT2D eigenvalue weighted by atomic mass is 32.2. The second-order valence-corrected chi connectivity index (χ2v) is 12.0. The lowest BCUT2D eigenvalue weighted by Crippen LogP contribution is -2.45. The van der Waals surface area contributed by atoms with Gasteiger partial charge in [-0.05, 0) is 56.2 Å². The summed E-state index contributed by atoms with van der Waals surface area (Å²) in [6.45, 7) is 2.23. The monoisotopic (exact) mass is 515 g/mol. The molecule has 1 fully saturated rings. The molecule has 1 N–H and O–H groups in total. The van der Waals surface area contributed by atoms with E-state index in [-0.39, 0.29) is 16.3 Å². The highest BCUT2D eigenvalue weighted by Gasteiger charge is 2.30. The minimum Gasteiger partial charge on any atom is -0.324 e. The molecule has 12 heteroatoms. The van der Waals surface area contributed by atoms with Crippen molar-refractivity contribution in [2.24, 2.45) is 0 Å². The summed E-state index contributed by atoms with van der Waals surface area (Å²) < 4.78 is 79.5. The van der Waals surface area contributed by atoms with Gasteiger partial charge in [0.1, 0.15) is 6.04 Å². The highest BCUT2D eigenvalue weighted by Crippen LogP contribution is 2.25. The first-order chi connectivity index (χ1) is 15.9. The van der Waals surface area contributed by atoms with E-state index in [0.29, 0.717) is 23.5 Å². The molecular formula is C22H27F2N3O5S2. The molecule has 1 aliphatic rings. The molecule has 186 valence electrons. The lowest BCUT2D eigenvalue weighted by atomic mass is 10.2. The molecule has 0 aliphatic carbocycles. The second-order valence-electron chi connectivity index (χ2n) is 8.17. The Morgan fingerprint density at radius 1 is 0.941 bits per heavy atom. The standard InChI is InChI=1S/C22H27F2N3O5S2/c1-16(27(33(2,29)30)18-9-12-20(23)21(24)15-18)22(28)25-17-7-10-19(11-8-17)34(31,32)26-13-5-3-4-6-14-26/h7-12,15-16H,3-6,13-14H2,1-2H3,(H,25,28). The number of hydrogen-bond acceptors (Lipinski definition) is 5. The zero-order chi connectivity index (χ0) is 25.1. The Labute approximate surface area is 198 Å². The number of benzene rings is 2. The molecule has 0 spiro atoms. The fourth-order valence-corrected chi connectivity index (χ4v) is 6.50. The van der Waals surface area contributed by atoms with Crippen molar-refractivity contribution in [3.8, 4) is 0 Å². The Balaban J connectivity index is 1.78. The van der Waals surface area contributed by atoms with Crippen LogP contribution in [0.3, 0.4) is 0 Å². The molecule has 3 rings (SSSR count). The minimum atomic E-state index is -4.03. The van der Waals surface area contributed by atoms with Crippen molar-refractivity contribution in [2.45, 2.75) is 43.5 Å². The third-order valence-corrected chi connectivity index (χ3v) is 8.73. The summed E-state index contributed by atoms with van der Waals surface area (Å²) in [4.78, 5) is 12.9. The van der Waals surface area contributed by atoms with Gasteiger partial charge in [0.25, 0.3) is 0 Å². The summed E-state index contributed by atoms with van der Waals surface area (Å²) in [5, 5.41) is 2.54. The van der Waals surface area contributed by atoms with Crippen LogP contribution < -0.4 is 9.62 Å². The number of nitrogens with zero attached hydrogens (tertiary/aromatic N) is 2. The molecule has 34 heavy (non-hydrogen) atoms. The SMILES string of the molecule is CC(C(=O)Nc1ccc(S(=O)(=O)N2CCCCCC2)cc1)N(c1ccc(F)c(F)c1)S(C)(=O)=O. The molecule has 1 saturated heterocycles. The zero-order valence-electron chi connectivity index (χ0n) is 18.9. The minimum absolute atomic E-state index is 0.0972. The molecule has 1 atom stereocenters. The Morgan fingerprint density at radius 2 is 1.53 bits per heavy atom. The third kappa shape index (κ3) is 5.91. The van der Waals surface area contributed by atoms with Gasteiger partial charge in [0, 0.05) is 24.8 Å². The summed E-state index contributed by atoms with van der Waals surface area (Å²) in [6.07, 6.45) is 4.44. The van der Waals surface area contributed by atoms with E-state index in [1.807, 2.05) is 0 Å². The van der Waals surface area contributed by atoms with Crippen molar-refractivity contribution in [3.63, 3.8) is 0 Å². The van der Waals surface area contributed by atoms with Crippen molar-refractivity contribution < 1.29 is 30.4 Å². The first kappa shape index (κ1) is 26.0. The van der Waals surface area contributed by atoms with Crippen LogP contribution >= 0.6 is 0 Å². The molecule has 8 nitrogen and oxygen atoms in total. The van der Waals surface area contributed by atoms with Crippen LogP contribution in [0, 0.1) is 11.6 Å². The third-order valence-electron chi connectivity index (χ3n) is 5.57. The second kappa shape index (κ2) is 10.4. The smallest absolute Gasteiger partial charge is 0.247 e. The molecule has 0 bridgehead atoms. The van der Waals surface area contributed by atoms with E-state index in [1.54, 1.807) is 0 Å². The number of halogens is 2. The average molecular weight is 516 g/mol. The van der Waals surface area contributed by atoms with Gasteiger partial charge in [-0.2, -0.15) is 4.31 Å². The predicted octanol–water partition coefficient (Wildman–Crippen LogP) is 3.32. The maximum Gasteiger partial charge on any atom is 0.247 e. The number of anilines is 2. The largest absolute Gasteiger partial charge is 0.324 e. The average Bonchev–Trinajstić information content (AvgIpc) is 3.06. The van der Waals surface area contributed by atoms with Crippen LogP contribution in [0.4, 0.5) is 20.2 Å². The Hall–Kier alpha value is -2.57. The van der Waals surface area contributed by atoms with E-state index in [4.69, 9.17) is 0 Å². The lowest BCUT2D eigenvalue weighted by Gasteiger charge is -2.28. The van der Waals surface area contributed by atoms with E-state index < -0.39 is 43.6 Å². The molecule has 1 aliphatic heterocycles. The first-order valence-corrected chi connectivity index (χ1v) is 14.1. The maximum atomic E-state index is 13.7. The topological polar surface area (TPSA) is 104 Å². The number of rotatable bonds is 7. The van der Waals surface area contributed by atoms with E-state index in [1.165, 1.54) is 35.5 Å². The van der Waals surface area contributed by atoms with Gasteiger partial charge in [-0.3, -0.25) is 9.10 Å².